The van der Waals surface area contributed by atoms with Gasteiger partial charge in [-0.05, 0) is 7.05 Å². The van der Waals surface area contributed by atoms with Gasteiger partial charge in [0, 0.05) is 0 Å². The predicted octanol–water partition coefficient (Wildman–Crippen LogP) is 4.36. The molecule has 0 aromatic rings. The monoisotopic (exact) mass is 189 g/mol. The molecule has 0 fully saturated rings. The summed E-state index contributed by atoms with van der Waals surface area (Å²) in [6.07, 6.45) is 9.65. The standard InChI is InChI=1S/C7H16.C4H10.CH5N/c1-3-5-7-6-4-2;1-3-4-2;1-2/h3-7H2,1-2H3;3-4H2,1-2H3;2H2,1H3. The molecule has 0 spiro atoms. The number of hydrogen-bond donors (Lipinski definition) is 1. The average molecular weight is 189 g/mol. The summed E-state index contributed by atoms with van der Waals surface area (Å²) in [6, 6.07) is 0. The first-order chi connectivity index (χ1) is 6.33. The summed E-state index contributed by atoms with van der Waals surface area (Å²) in [5.41, 5.74) is 4.50. The van der Waals surface area contributed by atoms with Crippen LogP contribution < -0.4 is 5.73 Å². The lowest BCUT2D eigenvalue weighted by Crippen LogP contribution is -1.70. The van der Waals surface area contributed by atoms with Crippen LogP contribution in [0, 0.1) is 0 Å². The third kappa shape index (κ3) is 48.2. The summed E-state index contributed by atoms with van der Waals surface area (Å²) in [4.78, 5) is 0. The molecule has 0 aromatic carbocycles. The van der Waals surface area contributed by atoms with Crippen LogP contribution in [0.25, 0.3) is 0 Å². The lowest BCUT2D eigenvalue weighted by atomic mass is 10.2. The van der Waals surface area contributed by atoms with Crippen LogP contribution in [0.3, 0.4) is 0 Å². The van der Waals surface area contributed by atoms with E-state index in [1.807, 2.05) is 0 Å². The third-order valence-corrected chi connectivity index (χ3v) is 1.71. The molecule has 0 aliphatic rings. The van der Waals surface area contributed by atoms with E-state index in [0.29, 0.717) is 0 Å². The lowest BCUT2D eigenvalue weighted by molar-refractivity contribution is 0.656. The first-order valence-corrected chi connectivity index (χ1v) is 5.91. The van der Waals surface area contributed by atoms with E-state index in [9.17, 15) is 0 Å². The Bertz CT molecular complexity index is 38.4. The molecule has 0 aliphatic heterocycles. The van der Waals surface area contributed by atoms with Crippen LogP contribution in [0.15, 0.2) is 0 Å². The van der Waals surface area contributed by atoms with Gasteiger partial charge in [0.25, 0.3) is 0 Å². The summed E-state index contributed by atoms with van der Waals surface area (Å²) in [5, 5.41) is 0. The van der Waals surface area contributed by atoms with Gasteiger partial charge in [0.05, 0.1) is 0 Å². The molecule has 0 unspecified atom stereocenters. The molecule has 13 heavy (non-hydrogen) atoms. The predicted molar refractivity (Wildman–Crippen MR) is 65.1 cm³/mol. The molecule has 0 atom stereocenters. The second kappa shape index (κ2) is 29.7. The van der Waals surface area contributed by atoms with Gasteiger partial charge in [-0.2, -0.15) is 0 Å². The van der Waals surface area contributed by atoms with Crippen LogP contribution in [-0.4, -0.2) is 7.05 Å². The van der Waals surface area contributed by atoms with Gasteiger partial charge in [-0.15, -0.1) is 0 Å². The van der Waals surface area contributed by atoms with E-state index in [1.54, 1.807) is 0 Å². The highest BCUT2D eigenvalue weighted by atomic mass is 14.4. The van der Waals surface area contributed by atoms with Crippen molar-refractivity contribution < 1.29 is 0 Å². The number of nitrogens with two attached hydrogens (primary N) is 1. The molecule has 0 saturated heterocycles. The van der Waals surface area contributed by atoms with Crippen molar-refractivity contribution >= 4 is 0 Å². The number of rotatable bonds is 5. The minimum absolute atomic E-state index is 1.32. The Balaban J connectivity index is -0.000000142. The van der Waals surface area contributed by atoms with Gasteiger partial charge in [-0.25, -0.2) is 0 Å². The lowest BCUT2D eigenvalue weighted by Gasteiger charge is -1.90. The number of hydrogen-bond acceptors (Lipinski definition) is 1. The van der Waals surface area contributed by atoms with Crippen LogP contribution in [-0.2, 0) is 0 Å². The van der Waals surface area contributed by atoms with Crippen LogP contribution in [0.1, 0.15) is 72.6 Å². The normalized spacial score (nSPS) is 7.85. The van der Waals surface area contributed by atoms with Gasteiger partial charge in [-0.1, -0.05) is 72.6 Å². The second-order valence-corrected chi connectivity index (χ2v) is 3.06. The summed E-state index contributed by atoms with van der Waals surface area (Å²) in [5.74, 6) is 0. The molecule has 0 bridgehead atoms. The van der Waals surface area contributed by atoms with Gasteiger partial charge in [0.2, 0.25) is 0 Å². The molecular weight excluding hydrogens is 158 g/mol. The third-order valence-electron chi connectivity index (χ3n) is 1.71. The Kier molecular flexibility index (Phi) is 42.6. The van der Waals surface area contributed by atoms with Crippen molar-refractivity contribution in [2.24, 2.45) is 5.73 Å². The Hall–Kier alpha value is -0.0400. The van der Waals surface area contributed by atoms with E-state index in [2.05, 4.69) is 33.4 Å². The van der Waals surface area contributed by atoms with E-state index in [0.717, 1.165) is 0 Å². The topological polar surface area (TPSA) is 26.0 Å². The first-order valence-electron chi connectivity index (χ1n) is 5.91. The summed E-state index contributed by atoms with van der Waals surface area (Å²) < 4.78 is 0. The van der Waals surface area contributed by atoms with Crippen molar-refractivity contribution in [2.45, 2.75) is 72.6 Å². The van der Waals surface area contributed by atoms with Crippen molar-refractivity contribution in [2.75, 3.05) is 7.05 Å². The molecule has 0 saturated carbocycles. The fourth-order valence-corrected chi connectivity index (χ4v) is 0.677. The maximum Gasteiger partial charge on any atom is -0.0195 e. The van der Waals surface area contributed by atoms with Crippen LogP contribution in [0.5, 0.6) is 0 Å². The zero-order valence-electron chi connectivity index (χ0n) is 10.5. The maximum atomic E-state index is 4.50. The largest absolute Gasteiger partial charge is 0.333 e. The van der Waals surface area contributed by atoms with E-state index >= 15 is 0 Å². The fraction of sp³-hybridized carbons (Fsp3) is 1.00. The summed E-state index contributed by atoms with van der Waals surface area (Å²) in [6.45, 7) is 8.85. The van der Waals surface area contributed by atoms with Gasteiger partial charge in [0.15, 0.2) is 0 Å². The van der Waals surface area contributed by atoms with Crippen LogP contribution in [0.2, 0.25) is 0 Å². The van der Waals surface area contributed by atoms with Gasteiger partial charge < -0.3 is 5.73 Å². The van der Waals surface area contributed by atoms with Crippen LogP contribution >= 0.6 is 0 Å². The highest BCUT2D eigenvalue weighted by Gasteiger charge is 1.80. The molecular formula is C12H31N. The van der Waals surface area contributed by atoms with Crippen molar-refractivity contribution in [1.29, 1.82) is 0 Å². The first kappa shape index (κ1) is 18.7. The fourth-order valence-electron chi connectivity index (χ4n) is 0.677. The molecule has 0 heterocycles. The van der Waals surface area contributed by atoms with Gasteiger partial charge >= 0.3 is 0 Å². The summed E-state index contributed by atoms with van der Waals surface area (Å²) >= 11 is 0. The molecule has 0 rings (SSSR count). The van der Waals surface area contributed by atoms with Gasteiger partial charge in [0.1, 0.15) is 0 Å². The highest BCUT2D eigenvalue weighted by Crippen LogP contribution is 2.00. The zero-order valence-corrected chi connectivity index (χ0v) is 10.5. The van der Waals surface area contributed by atoms with E-state index < -0.39 is 0 Å². The Morgan fingerprint density at radius 2 is 0.846 bits per heavy atom. The molecule has 0 radical (unpaired) electrons. The smallest absolute Gasteiger partial charge is 0.0195 e. The maximum absolute atomic E-state index is 4.50. The van der Waals surface area contributed by atoms with Crippen molar-refractivity contribution in [1.82, 2.24) is 0 Å². The Labute approximate surface area is 86.1 Å². The molecule has 2 N–H and O–H groups in total. The van der Waals surface area contributed by atoms with E-state index in [1.165, 1.54) is 52.0 Å². The van der Waals surface area contributed by atoms with Crippen molar-refractivity contribution in [3.8, 4) is 0 Å². The van der Waals surface area contributed by atoms with E-state index in [4.69, 9.17) is 0 Å². The van der Waals surface area contributed by atoms with Gasteiger partial charge in [-0.3, -0.25) is 0 Å². The Morgan fingerprint density at radius 3 is 1.00 bits per heavy atom. The van der Waals surface area contributed by atoms with Crippen molar-refractivity contribution in [3.63, 3.8) is 0 Å². The minimum atomic E-state index is 1.32. The second-order valence-electron chi connectivity index (χ2n) is 3.06. The van der Waals surface area contributed by atoms with Crippen LogP contribution in [0.4, 0.5) is 0 Å². The molecule has 0 aromatic heterocycles. The molecule has 1 nitrogen and oxygen atoms in total. The summed E-state index contributed by atoms with van der Waals surface area (Å²) in [7, 11) is 1.50. The minimum Gasteiger partial charge on any atom is -0.333 e. The van der Waals surface area contributed by atoms with Crippen molar-refractivity contribution in [3.05, 3.63) is 0 Å². The molecule has 84 valence electrons. The molecule has 0 amide bonds. The molecule has 1 heteroatoms. The average Bonchev–Trinajstić information content (AvgIpc) is 2.22. The SMILES string of the molecule is CCCC.CCCCCCC.CN. The number of unbranched alkanes of at least 4 members (excludes halogenated alkanes) is 5. The Morgan fingerprint density at radius 1 is 0.538 bits per heavy atom. The molecule has 0 aliphatic carbocycles. The highest BCUT2D eigenvalue weighted by molar-refractivity contribution is 4.35. The quantitative estimate of drug-likeness (QED) is 0.639. The van der Waals surface area contributed by atoms with E-state index in [-0.39, 0.29) is 0 Å². The zero-order chi connectivity index (χ0) is 10.9.